The van der Waals surface area contributed by atoms with Crippen molar-refractivity contribution in [3.8, 4) is 28.4 Å². The zero-order valence-electron chi connectivity index (χ0n) is 19.1. The van der Waals surface area contributed by atoms with E-state index in [4.69, 9.17) is 18.9 Å². The number of carbonyl (C=O) groups is 2. The van der Waals surface area contributed by atoms with Gasteiger partial charge in [-0.3, -0.25) is 4.79 Å². The normalized spacial score (nSPS) is 10.4. The van der Waals surface area contributed by atoms with Gasteiger partial charge < -0.3 is 24.3 Å². The van der Waals surface area contributed by atoms with Crippen LogP contribution in [-0.2, 0) is 4.74 Å². The molecule has 1 aromatic heterocycles. The molecular formula is C25H27NO6S. The number of thiophene rings is 1. The summed E-state index contributed by atoms with van der Waals surface area (Å²) in [5.41, 5.74) is 2.17. The molecule has 0 fully saturated rings. The summed E-state index contributed by atoms with van der Waals surface area (Å²) in [6.45, 7) is 6.78. The molecule has 7 nitrogen and oxygen atoms in total. The van der Waals surface area contributed by atoms with Crippen molar-refractivity contribution in [2.24, 2.45) is 0 Å². The Morgan fingerprint density at radius 2 is 1.52 bits per heavy atom. The van der Waals surface area contributed by atoms with Gasteiger partial charge in [-0.1, -0.05) is 30.3 Å². The van der Waals surface area contributed by atoms with Crippen molar-refractivity contribution < 1.29 is 28.5 Å². The molecule has 1 amide bonds. The average Bonchev–Trinajstić information content (AvgIpc) is 3.24. The maximum atomic E-state index is 13.2. The minimum atomic E-state index is -0.526. The fourth-order valence-corrected chi connectivity index (χ4v) is 4.23. The van der Waals surface area contributed by atoms with E-state index in [1.54, 1.807) is 12.1 Å². The second kappa shape index (κ2) is 11.4. The van der Waals surface area contributed by atoms with E-state index >= 15 is 0 Å². The number of benzene rings is 2. The molecule has 0 atom stereocenters. The fourth-order valence-electron chi connectivity index (χ4n) is 3.28. The number of hydrogen-bond acceptors (Lipinski definition) is 7. The van der Waals surface area contributed by atoms with Gasteiger partial charge >= 0.3 is 5.97 Å². The molecule has 174 valence electrons. The van der Waals surface area contributed by atoms with Crippen molar-refractivity contribution in [1.29, 1.82) is 0 Å². The molecule has 3 rings (SSSR count). The number of nitrogens with one attached hydrogen (secondary N) is 1. The van der Waals surface area contributed by atoms with Gasteiger partial charge in [0.25, 0.3) is 5.91 Å². The largest absolute Gasteiger partial charge is 0.490 e. The van der Waals surface area contributed by atoms with Gasteiger partial charge in [-0.15, -0.1) is 11.3 Å². The van der Waals surface area contributed by atoms with Crippen LogP contribution < -0.4 is 19.5 Å². The van der Waals surface area contributed by atoms with Gasteiger partial charge in [-0.25, -0.2) is 4.79 Å². The van der Waals surface area contributed by atoms with Gasteiger partial charge in [0.05, 0.1) is 26.9 Å². The second-order valence-corrected chi connectivity index (χ2v) is 7.65. The summed E-state index contributed by atoms with van der Waals surface area (Å²) < 4.78 is 22.1. The van der Waals surface area contributed by atoms with E-state index in [1.807, 2.05) is 56.5 Å². The summed E-state index contributed by atoms with van der Waals surface area (Å²) >= 11 is 1.26. The van der Waals surface area contributed by atoms with Crippen LogP contribution in [0.5, 0.6) is 17.2 Å². The third-order valence-electron chi connectivity index (χ3n) is 4.66. The molecular weight excluding hydrogens is 442 g/mol. The molecule has 0 unspecified atom stereocenters. The van der Waals surface area contributed by atoms with Gasteiger partial charge in [0, 0.05) is 16.5 Å². The summed E-state index contributed by atoms with van der Waals surface area (Å²) in [6, 6.07) is 12.7. The van der Waals surface area contributed by atoms with Crippen LogP contribution >= 0.6 is 11.3 Å². The number of anilines is 1. The van der Waals surface area contributed by atoms with E-state index in [1.165, 1.54) is 18.4 Å². The van der Waals surface area contributed by atoms with Crippen LogP contribution in [0.15, 0.2) is 47.8 Å². The van der Waals surface area contributed by atoms with Crippen LogP contribution in [0.4, 0.5) is 5.00 Å². The maximum absolute atomic E-state index is 13.2. The Bertz CT molecular complexity index is 1080. The molecule has 1 heterocycles. The van der Waals surface area contributed by atoms with Crippen molar-refractivity contribution in [3.05, 3.63) is 59.0 Å². The molecule has 2 aromatic carbocycles. The van der Waals surface area contributed by atoms with Crippen molar-refractivity contribution in [1.82, 2.24) is 0 Å². The lowest BCUT2D eigenvalue weighted by molar-refractivity contribution is 0.0603. The Hall–Kier alpha value is -3.52. The Kier molecular flexibility index (Phi) is 8.32. The van der Waals surface area contributed by atoms with Gasteiger partial charge in [0.1, 0.15) is 10.6 Å². The van der Waals surface area contributed by atoms with Crippen LogP contribution in [0.3, 0.4) is 0 Å². The lowest BCUT2D eigenvalue weighted by Crippen LogP contribution is -2.15. The van der Waals surface area contributed by atoms with Crippen LogP contribution in [0, 0.1) is 0 Å². The molecule has 1 N–H and O–H groups in total. The van der Waals surface area contributed by atoms with Gasteiger partial charge in [-0.05, 0) is 38.5 Å². The summed E-state index contributed by atoms with van der Waals surface area (Å²) in [6.07, 6.45) is 0. The van der Waals surface area contributed by atoms with Gasteiger partial charge in [0.2, 0.25) is 5.75 Å². The van der Waals surface area contributed by atoms with Gasteiger partial charge in [-0.2, -0.15) is 0 Å². The Morgan fingerprint density at radius 3 is 2.06 bits per heavy atom. The quantitative estimate of drug-likeness (QED) is 0.386. The molecule has 0 bridgehead atoms. The Balaban J connectivity index is 2.00. The topological polar surface area (TPSA) is 83.1 Å². The standard InChI is InChI=1S/C25H27NO6S/c1-5-30-19-13-17(14-20(31-6-2)22(19)32-7-3)23(27)26-24-21(25(28)29-4)18(15-33-24)16-11-9-8-10-12-16/h8-15H,5-7H2,1-4H3,(H,26,27). The molecule has 0 aliphatic carbocycles. The molecule has 0 saturated heterocycles. The van der Waals surface area contributed by atoms with Crippen molar-refractivity contribution in [3.63, 3.8) is 0 Å². The van der Waals surface area contributed by atoms with E-state index in [2.05, 4.69) is 5.32 Å². The van der Waals surface area contributed by atoms with E-state index < -0.39 is 11.9 Å². The minimum Gasteiger partial charge on any atom is -0.490 e. The van der Waals surface area contributed by atoms with Crippen LogP contribution in [-0.4, -0.2) is 38.8 Å². The van der Waals surface area contributed by atoms with E-state index in [0.717, 1.165) is 5.56 Å². The smallest absolute Gasteiger partial charge is 0.341 e. The third-order valence-corrected chi connectivity index (χ3v) is 5.56. The predicted molar refractivity (Wildman–Crippen MR) is 129 cm³/mol. The summed E-state index contributed by atoms with van der Waals surface area (Å²) in [5.74, 6) is 0.351. The highest BCUT2D eigenvalue weighted by Crippen LogP contribution is 2.40. The number of carbonyl (C=O) groups excluding carboxylic acids is 2. The first kappa shape index (κ1) is 24.1. The summed E-state index contributed by atoms with van der Waals surface area (Å²) in [7, 11) is 1.32. The van der Waals surface area contributed by atoms with Crippen LogP contribution in [0.25, 0.3) is 11.1 Å². The first-order valence-electron chi connectivity index (χ1n) is 10.7. The van der Waals surface area contributed by atoms with Crippen LogP contribution in [0.2, 0.25) is 0 Å². The fraction of sp³-hybridized carbons (Fsp3) is 0.280. The molecule has 0 aliphatic rings. The van der Waals surface area contributed by atoms with Crippen LogP contribution in [0.1, 0.15) is 41.5 Å². The highest BCUT2D eigenvalue weighted by Gasteiger charge is 2.24. The van der Waals surface area contributed by atoms with E-state index in [0.29, 0.717) is 58.8 Å². The van der Waals surface area contributed by atoms with Crippen molar-refractivity contribution in [2.75, 3.05) is 32.2 Å². The van der Waals surface area contributed by atoms with Crippen molar-refractivity contribution >= 4 is 28.2 Å². The predicted octanol–water partition coefficient (Wildman–Crippen LogP) is 5.65. The zero-order chi connectivity index (χ0) is 23.8. The average molecular weight is 470 g/mol. The number of esters is 1. The minimum absolute atomic E-state index is 0.308. The highest BCUT2D eigenvalue weighted by molar-refractivity contribution is 7.15. The maximum Gasteiger partial charge on any atom is 0.341 e. The Morgan fingerprint density at radius 1 is 0.909 bits per heavy atom. The lowest BCUT2D eigenvalue weighted by atomic mass is 10.0. The van der Waals surface area contributed by atoms with E-state index in [-0.39, 0.29) is 0 Å². The zero-order valence-corrected chi connectivity index (χ0v) is 19.9. The first-order valence-corrected chi connectivity index (χ1v) is 11.5. The van der Waals surface area contributed by atoms with Crippen molar-refractivity contribution in [2.45, 2.75) is 20.8 Å². The Labute approximate surface area is 197 Å². The molecule has 0 aliphatic heterocycles. The number of amides is 1. The number of methoxy groups -OCH3 is 1. The monoisotopic (exact) mass is 469 g/mol. The number of rotatable bonds is 10. The summed E-state index contributed by atoms with van der Waals surface area (Å²) in [5, 5.41) is 5.07. The molecule has 3 aromatic rings. The van der Waals surface area contributed by atoms with Gasteiger partial charge in [0.15, 0.2) is 11.5 Å². The summed E-state index contributed by atoms with van der Waals surface area (Å²) in [4.78, 5) is 25.8. The molecule has 0 spiro atoms. The molecule has 0 saturated carbocycles. The van der Waals surface area contributed by atoms with E-state index in [9.17, 15) is 9.59 Å². The molecule has 33 heavy (non-hydrogen) atoms. The highest BCUT2D eigenvalue weighted by atomic mass is 32.1. The second-order valence-electron chi connectivity index (χ2n) is 6.77. The third kappa shape index (κ3) is 5.46. The first-order chi connectivity index (χ1) is 16.0. The number of hydrogen-bond donors (Lipinski definition) is 1. The lowest BCUT2D eigenvalue weighted by Gasteiger charge is -2.17. The molecule has 8 heteroatoms. The SMILES string of the molecule is CCOc1cc(C(=O)Nc2scc(-c3ccccc3)c2C(=O)OC)cc(OCC)c1OCC. The molecule has 0 radical (unpaired) electrons. The number of ether oxygens (including phenoxy) is 4.